The normalized spacial score (nSPS) is 21.4. The van der Waals surface area contributed by atoms with Crippen LogP contribution in [0, 0.1) is 0 Å². The Bertz CT molecular complexity index is 664. The zero-order chi connectivity index (χ0) is 17.9. The highest BCUT2D eigenvalue weighted by Gasteiger charge is 2.36. The van der Waals surface area contributed by atoms with Gasteiger partial charge < -0.3 is 9.64 Å². The first-order chi connectivity index (χ1) is 12.0. The predicted octanol–water partition coefficient (Wildman–Crippen LogP) is -0.0661. The molecule has 0 atom stereocenters. The van der Waals surface area contributed by atoms with E-state index in [1.165, 1.54) is 14.9 Å². The number of rotatable bonds is 4. The van der Waals surface area contributed by atoms with Crippen molar-refractivity contribution in [1.82, 2.24) is 28.3 Å². The van der Waals surface area contributed by atoms with Gasteiger partial charge in [0.25, 0.3) is 10.2 Å². The molecule has 0 aromatic carbocycles. The molecule has 2 aliphatic rings. The summed E-state index contributed by atoms with van der Waals surface area (Å²) < 4.78 is 35.4. The second kappa shape index (κ2) is 7.67. The van der Waals surface area contributed by atoms with Gasteiger partial charge in [-0.2, -0.15) is 22.1 Å². The Morgan fingerprint density at radius 1 is 1.12 bits per heavy atom. The highest BCUT2D eigenvalue weighted by molar-refractivity contribution is 7.86. The van der Waals surface area contributed by atoms with E-state index < -0.39 is 10.2 Å². The molecule has 0 unspecified atom stereocenters. The molecular formula is C14H24N6O4S. The summed E-state index contributed by atoms with van der Waals surface area (Å²) in [5.74, 6) is 0. The van der Waals surface area contributed by atoms with E-state index in [4.69, 9.17) is 4.74 Å². The van der Waals surface area contributed by atoms with Gasteiger partial charge in [0.05, 0.1) is 12.6 Å². The summed E-state index contributed by atoms with van der Waals surface area (Å²) in [6.45, 7) is 4.30. The van der Waals surface area contributed by atoms with Crippen LogP contribution < -0.4 is 0 Å². The molecule has 0 spiro atoms. The fraction of sp³-hybridized carbons (Fsp3) is 0.786. The van der Waals surface area contributed by atoms with Crippen LogP contribution in [0.3, 0.4) is 0 Å². The molecule has 140 valence electrons. The number of amides is 1. The third-order valence-corrected chi connectivity index (χ3v) is 6.69. The van der Waals surface area contributed by atoms with Crippen molar-refractivity contribution in [1.29, 1.82) is 0 Å². The summed E-state index contributed by atoms with van der Waals surface area (Å²) in [6, 6.07) is 0.189. The SMILES string of the molecule is CCOC(=O)N1CCN(S(=O)(=O)N2CCC(n3cncn3)CC2)CC1. The number of aromatic nitrogens is 3. The van der Waals surface area contributed by atoms with Gasteiger partial charge in [0.2, 0.25) is 0 Å². The van der Waals surface area contributed by atoms with Gasteiger partial charge in [-0.05, 0) is 19.8 Å². The molecule has 0 aliphatic carbocycles. The number of hydrogen-bond acceptors (Lipinski definition) is 6. The van der Waals surface area contributed by atoms with Crippen LogP contribution in [0.15, 0.2) is 12.7 Å². The molecule has 0 radical (unpaired) electrons. The van der Waals surface area contributed by atoms with E-state index in [0.29, 0.717) is 58.7 Å². The first kappa shape index (κ1) is 18.1. The minimum absolute atomic E-state index is 0.189. The van der Waals surface area contributed by atoms with Crippen LogP contribution in [0.25, 0.3) is 0 Å². The molecule has 0 N–H and O–H groups in total. The maximum atomic E-state index is 12.8. The van der Waals surface area contributed by atoms with Gasteiger partial charge in [-0.25, -0.2) is 14.5 Å². The first-order valence-corrected chi connectivity index (χ1v) is 9.93. The van der Waals surface area contributed by atoms with Gasteiger partial charge in [0.15, 0.2) is 0 Å². The maximum Gasteiger partial charge on any atom is 0.409 e. The second-order valence-corrected chi connectivity index (χ2v) is 8.03. The Labute approximate surface area is 147 Å². The van der Waals surface area contributed by atoms with Crippen LogP contribution in [0.4, 0.5) is 4.79 Å². The first-order valence-electron chi connectivity index (χ1n) is 8.53. The summed E-state index contributed by atoms with van der Waals surface area (Å²) in [6.07, 6.45) is 4.21. The Morgan fingerprint density at radius 3 is 2.32 bits per heavy atom. The number of ether oxygens (including phenoxy) is 1. The van der Waals surface area contributed by atoms with E-state index >= 15 is 0 Å². The molecule has 10 nitrogen and oxygen atoms in total. The standard InChI is InChI=1S/C14H24N6O4S/c1-2-24-14(21)17-7-9-19(10-8-17)25(22,23)18-5-3-13(4-6-18)20-12-15-11-16-20/h11-13H,2-10H2,1H3. The van der Waals surface area contributed by atoms with E-state index in [1.54, 1.807) is 22.8 Å². The van der Waals surface area contributed by atoms with Gasteiger partial charge in [-0.1, -0.05) is 0 Å². The second-order valence-electron chi connectivity index (χ2n) is 6.10. The lowest BCUT2D eigenvalue weighted by molar-refractivity contribution is 0.0920. The Hall–Kier alpha value is -1.72. The van der Waals surface area contributed by atoms with Gasteiger partial charge in [-0.15, -0.1) is 0 Å². The van der Waals surface area contributed by atoms with Gasteiger partial charge in [-0.3, -0.25) is 0 Å². The number of hydrogen-bond donors (Lipinski definition) is 0. The summed E-state index contributed by atoms with van der Waals surface area (Å²) in [7, 11) is -3.50. The van der Waals surface area contributed by atoms with Gasteiger partial charge in [0, 0.05) is 39.3 Å². The summed E-state index contributed by atoms with van der Waals surface area (Å²) in [4.78, 5) is 17.2. The summed E-state index contributed by atoms with van der Waals surface area (Å²) in [5, 5.41) is 4.13. The van der Waals surface area contributed by atoms with Crippen molar-refractivity contribution in [2.24, 2.45) is 0 Å². The summed E-state index contributed by atoms with van der Waals surface area (Å²) in [5.41, 5.74) is 0. The Kier molecular flexibility index (Phi) is 5.54. The fourth-order valence-corrected chi connectivity index (χ4v) is 4.85. The van der Waals surface area contributed by atoms with E-state index in [2.05, 4.69) is 10.1 Å². The van der Waals surface area contributed by atoms with E-state index in [1.807, 2.05) is 0 Å². The van der Waals surface area contributed by atoms with Crippen molar-refractivity contribution < 1.29 is 17.9 Å². The van der Waals surface area contributed by atoms with E-state index in [0.717, 1.165) is 0 Å². The average molecular weight is 372 g/mol. The van der Waals surface area contributed by atoms with Crippen molar-refractivity contribution >= 4 is 16.3 Å². The lowest BCUT2D eigenvalue weighted by Gasteiger charge is -2.38. The maximum absolute atomic E-state index is 12.8. The molecule has 25 heavy (non-hydrogen) atoms. The van der Waals surface area contributed by atoms with E-state index in [9.17, 15) is 13.2 Å². The molecule has 1 amide bonds. The number of carbonyl (C=O) groups excluding carboxylic acids is 1. The molecule has 11 heteroatoms. The van der Waals surface area contributed by atoms with Crippen molar-refractivity contribution in [2.75, 3.05) is 45.9 Å². The molecule has 3 rings (SSSR count). The number of piperidine rings is 1. The van der Waals surface area contributed by atoms with Crippen LogP contribution in [-0.4, -0.2) is 88.7 Å². The minimum atomic E-state index is -3.50. The van der Waals surface area contributed by atoms with Crippen LogP contribution in [0.5, 0.6) is 0 Å². The quantitative estimate of drug-likeness (QED) is 0.734. The van der Waals surface area contributed by atoms with Crippen molar-refractivity contribution in [2.45, 2.75) is 25.8 Å². The highest BCUT2D eigenvalue weighted by atomic mass is 32.2. The number of nitrogens with zero attached hydrogens (tertiary/aromatic N) is 6. The van der Waals surface area contributed by atoms with Crippen molar-refractivity contribution in [3.8, 4) is 0 Å². The smallest absolute Gasteiger partial charge is 0.409 e. The highest BCUT2D eigenvalue weighted by Crippen LogP contribution is 2.24. The summed E-state index contributed by atoms with van der Waals surface area (Å²) >= 11 is 0. The third-order valence-electron chi connectivity index (χ3n) is 4.65. The molecule has 0 saturated carbocycles. The van der Waals surface area contributed by atoms with Crippen LogP contribution in [-0.2, 0) is 14.9 Å². The molecule has 2 saturated heterocycles. The lowest BCUT2D eigenvalue weighted by Crippen LogP contribution is -2.55. The minimum Gasteiger partial charge on any atom is -0.450 e. The predicted molar refractivity (Wildman–Crippen MR) is 89.0 cm³/mol. The van der Waals surface area contributed by atoms with Crippen LogP contribution in [0.1, 0.15) is 25.8 Å². The van der Waals surface area contributed by atoms with Crippen molar-refractivity contribution in [3.63, 3.8) is 0 Å². The molecule has 2 fully saturated rings. The molecule has 2 aliphatic heterocycles. The van der Waals surface area contributed by atoms with Crippen LogP contribution in [0.2, 0.25) is 0 Å². The number of piperazine rings is 1. The topological polar surface area (TPSA) is 101 Å². The molecular weight excluding hydrogens is 348 g/mol. The average Bonchev–Trinajstić information content (AvgIpc) is 3.17. The van der Waals surface area contributed by atoms with E-state index in [-0.39, 0.29) is 12.1 Å². The Balaban J connectivity index is 1.54. The fourth-order valence-electron chi connectivity index (χ4n) is 3.22. The largest absolute Gasteiger partial charge is 0.450 e. The molecule has 3 heterocycles. The van der Waals surface area contributed by atoms with Crippen LogP contribution >= 0.6 is 0 Å². The van der Waals surface area contributed by atoms with Crippen molar-refractivity contribution in [3.05, 3.63) is 12.7 Å². The molecule has 1 aromatic heterocycles. The Morgan fingerprint density at radius 2 is 1.76 bits per heavy atom. The zero-order valence-corrected chi connectivity index (χ0v) is 15.1. The van der Waals surface area contributed by atoms with Gasteiger partial charge >= 0.3 is 6.09 Å². The third kappa shape index (κ3) is 3.93. The monoisotopic (exact) mass is 372 g/mol. The van der Waals surface area contributed by atoms with Gasteiger partial charge in [0.1, 0.15) is 12.7 Å². The molecule has 1 aromatic rings. The number of carbonyl (C=O) groups is 1. The molecule has 0 bridgehead atoms. The zero-order valence-electron chi connectivity index (χ0n) is 14.3. The lowest BCUT2D eigenvalue weighted by atomic mass is 10.1.